The first-order valence-corrected chi connectivity index (χ1v) is 10.7. The summed E-state index contributed by atoms with van der Waals surface area (Å²) < 4.78 is 5.65. The van der Waals surface area contributed by atoms with E-state index in [2.05, 4.69) is 10.6 Å². The van der Waals surface area contributed by atoms with Gasteiger partial charge in [0.15, 0.2) is 5.75 Å². The van der Waals surface area contributed by atoms with E-state index in [0.717, 1.165) is 12.8 Å². The smallest absolute Gasteiger partial charge is 0.257 e. The summed E-state index contributed by atoms with van der Waals surface area (Å²) in [6.07, 6.45) is 2.44. The van der Waals surface area contributed by atoms with Crippen LogP contribution in [0.2, 0.25) is 0 Å². The van der Waals surface area contributed by atoms with Crippen molar-refractivity contribution in [1.82, 2.24) is 4.90 Å². The topological polar surface area (TPSA) is 112 Å². The standard InChI is InChI=1S/C23H24BN3O5/c1-3-15(17-11-14(24)12(2)32-17)25-18-19(22(30)21(18)29)26-16-8-6-7-13(20(16)28)23(31)27-9-4-5-10-27/h6-8,11,15,25-26,28H,3-5,9-10H2,1-2H3/t15-/m1/s1. The number of amides is 1. The Labute approximate surface area is 186 Å². The van der Waals surface area contributed by atoms with Crippen LogP contribution < -0.4 is 27.0 Å². The normalized spacial score (nSPS) is 14.6. The van der Waals surface area contributed by atoms with Crippen LogP contribution in [0.5, 0.6) is 5.75 Å². The van der Waals surface area contributed by atoms with Crippen LogP contribution in [0.25, 0.3) is 0 Å². The fourth-order valence-electron chi connectivity index (χ4n) is 3.93. The second kappa shape index (κ2) is 8.57. The Balaban J connectivity index is 1.59. The average Bonchev–Trinajstić information content (AvgIpc) is 3.44. The highest BCUT2D eigenvalue weighted by Gasteiger charge is 2.27. The van der Waals surface area contributed by atoms with Crippen molar-refractivity contribution in [3.05, 3.63) is 61.8 Å². The monoisotopic (exact) mass is 433 g/mol. The molecule has 0 saturated carbocycles. The number of furan rings is 1. The third kappa shape index (κ3) is 3.79. The van der Waals surface area contributed by atoms with Gasteiger partial charge in [-0.05, 0) is 44.4 Å². The van der Waals surface area contributed by atoms with Crippen molar-refractivity contribution in [1.29, 1.82) is 0 Å². The number of nitrogens with one attached hydrogen (secondary N) is 2. The molecule has 32 heavy (non-hydrogen) atoms. The number of aryl methyl sites for hydroxylation is 1. The maximum atomic E-state index is 12.7. The second-order valence-corrected chi connectivity index (χ2v) is 8.00. The number of likely N-dealkylation sites (tertiary alicyclic amines) is 1. The number of carbonyl (C=O) groups is 1. The van der Waals surface area contributed by atoms with E-state index >= 15 is 0 Å². The second-order valence-electron chi connectivity index (χ2n) is 8.00. The van der Waals surface area contributed by atoms with Crippen LogP contribution in [-0.2, 0) is 0 Å². The maximum absolute atomic E-state index is 12.7. The number of anilines is 3. The molecule has 1 aliphatic heterocycles. The first-order valence-electron chi connectivity index (χ1n) is 10.7. The summed E-state index contributed by atoms with van der Waals surface area (Å²) in [7, 11) is 5.86. The van der Waals surface area contributed by atoms with E-state index in [0.29, 0.717) is 36.5 Å². The zero-order valence-corrected chi connectivity index (χ0v) is 18.0. The third-order valence-electron chi connectivity index (χ3n) is 5.88. The van der Waals surface area contributed by atoms with E-state index in [9.17, 15) is 19.5 Å². The fraction of sp³-hybridized carbons (Fsp3) is 0.348. The molecule has 2 radical (unpaired) electrons. The average molecular weight is 433 g/mol. The van der Waals surface area contributed by atoms with Crippen molar-refractivity contribution >= 4 is 36.3 Å². The van der Waals surface area contributed by atoms with Crippen molar-refractivity contribution in [2.75, 3.05) is 23.7 Å². The lowest BCUT2D eigenvalue weighted by Gasteiger charge is -2.21. The van der Waals surface area contributed by atoms with Gasteiger partial charge in [0.1, 0.15) is 25.0 Å². The Kier molecular flexibility index (Phi) is 5.82. The Morgan fingerprint density at radius 2 is 1.91 bits per heavy atom. The zero-order chi connectivity index (χ0) is 23.0. The predicted molar refractivity (Wildman–Crippen MR) is 123 cm³/mol. The zero-order valence-electron chi connectivity index (χ0n) is 18.0. The lowest BCUT2D eigenvalue weighted by molar-refractivity contribution is 0.0790. The minimum Gasteiger partial charge on any atom is -0.505 e. The molecule has 1 fully saturated rings. The highest BCUT2D eigenvalue weighted by molar-refractivity contribution is 6.33. The molecule has 1 aromatic heterocycles. The number of phenols is 1. The highest BCUT2D eigenvalue weighted by atomic mass is 16.3. The summed E-state index contributed by atoms with van der Waals surface area (Å²) in [5.74, 6) is 0.615. The number of aromatic hydroxyl groups is 1. The lowest BCUT2D eigenvalue weighted by Crippen LogP contribution is -2.37. The number of hydrogen-bond acceptors (Lipinski definition) is 7. The molecule has 164 valence electrons. The lowest BCUT2D eigenvalue weighted by atomic mass is 9.96. The minimum absolute atomic E-state index is 0.0331. The molecule has 3 aromatic rings. The van der Waals surface area contributed by atoms with Crippen LogP contribution >= 0.6 is 0 Å². The minimum atomic E-state index is -0.701. The van der Waals surface area contributed by atoms with E-state index in [1.807, 2.05) is 6.92 Å². The van der Waals surface area contributed by atoms with Crippen LogP contribution in [0.15, 0.2) is 38.3 Å². The largest absolute Gasteiger partial charge is 0.505 e. The molecule has 0 aliphatic carbocycles. The van der Waals surface area contributed by atoms with Crippen molar-refractivity contribution in [3.63, 3.8) is 0 Å². The van der Waals surface area contributed by atoms with Crippen molar-refractivity contribution in [2.45, 2.75) is 39.2 Å². The fourth-order valence-corrected chi connectivity index (χ4v) is 3.93. The number of nitrogens with zero attached hydrogens (tertiary/aromatic N) is 1. The van der Waals surface area contributed by atoms with Crippen LogP contribution in [0.3, 0.4) is 0 Å². The summed E-state index contributed by atoms with van der Waals surface area (Å²) in [4.78, 5) is 38.9. The molecular formula is C23H24BN3O5. The predicted octanol–water partition coefficient (Wildman–Crippen LogP) is 2.23. The van der Waals surface area contributed by atoms with Gasteiger partial charge in [0, 0.05) is 13.1 Å². The number of phenolic OH excluding ortho intramolecular Hbond substituents is 1. The molecule has 0 bridgehead atoms. The summed E-state index contributed by atoms with van der Waals surface area (Å²) in [5.41, 5.74) is -0.391. The molecule has 3 N–H and O–H groups in total. The number of para-hydroxylation sites is 1. The van der Waals surface area contributed by atoms with Gasteiger partial charge < -0.3 is 25.1 Å². The molecule has 0 unspecified atom stereocenters. The molecule has 9 heteroatoms. The molecule has 2 aromatic carbocycles. The molecule has 0 spiro atoms. The van der Waals surface area contributed by atoms with Gasteiger partial charge in [-0.25, -0.2) is 0 Å². The van der Waals surface area contributed by atoms with E-state index in [1.54, 1.807) is 36.1 Å². The third-order valence-corrected chi connectivity index (χ3v) is 5.88. The van der Waals surface area contributed by atoms with Gasteiger partial charge in [0.2, 0.25) is 0 Å². The van der Waals surface area contributed by atoms with Gasteiger partial charge >= 0.3 is 0 Å². The SMILES string of the molecule is [B]c1cc([C@@H](CC)Nc2c(Nc3cccc(C(=O)N4CCCC4)c3O)c(=O)c2=O)oc1C. The molecule has 1 amide bonds. The molecule has 8 nitrogen and oxygen atoms in total. The van der Waals surface area contributed by atoms with Gasteiger partial charge in [-0.2, -0.15) is 0 Å². The number of benzene rings is 1. The van der Waals surface area contributed by atoms with E-state index < -0.39 is 10.9 Å². The maximum Gasteiger partial charge on any atom is 0.257 e. The highest BCUT2D eigenvalue weighted by Crippen LogP contribution is 2.34. The van der Waals surface area contributed by atoms with Crippen LogP contribution in [0.1, 0.15) is 54.1 Å². The van der Waals surface area contributed by atoms with E-state index in [4.69, 9.17) is 12.3 Å². The van der Waals surface area contributed by atoms with Gasteiger partial charge in [0.05, 0.1) is 23.1 Å². The Bertz CT molecular complexity index is 1220. The van der Waals surface area contributed by atoms with Crippen LogP contribution in [-0.4, -0.2) is 36.8 Å². The van der Waals surface area contributed by atoms with Crippen LogP contribution in [0.4, 0.5) is 17.1 Å². The summed E-state index contributed by atoms with van der Waals surface area (Å²) >= 11 is 0. The summed E-state index contributed by atoms with van der Waals surface area (Å²) in [6, 6.07) is 6.03. The van der Waals surface area contributed by atoms with Gasteiger partial charge in [-0.3, -0.25) is 14.4 Å². The molecule has 4 rings (SSSR count). The van der Waals surface area contributed by atoms with Crippen molar-refractivity contribution in [2.24, 2.45) is 0 Å². The van der Waals surface area contributed by atoms with Gasteiger partial charge in [-0.1, -0.05) is 18.5 Å². The molecular weight excluding hydrogens is 409 g/mol. The summed E-state index contributed by atoms with van der Waals surface area (Å²) in [6.45, 7) is 4.95. The Morgan fingerprint density at radius 3 is 2.53 bits per heavy atom. The van der Waals surface area contributed by atoms with Gasteiger partial charge in [0.25, 0.3) is 16.8 Å². The number of carbonyl (C=O) groups excluding carboxylic acids is 1. The Morgan fingerprint density at radius 1 is 1.22 bits per heavy atom. The molecule has 1 aliphatic rings. The molecule has 2 heterocycles. The van der Waals surface area contributed by atoms with Crippen molar-refractivity contribution < 1.29 is 14.3 Å². The molecule has 1 atom stereocenters. The first-order chi connectivity index (χ1) is 15.3. The first kappa shape index (κ1) is 21.7. The molecule has 1 saturated heterocycles. The Hall–Kier alpha value is -3.49. The van der Waals surface area contributed by atoms with Gasteiger partial charge in [-0.15, -0.1) is 0 Å². The van der Waals surface area contributed by atoms with E-state index in [1.165, 1.54) is 0 Å². The number of rotatable bonds is 7. The quantitative estimate of drug-likeness (QED) is 0.298. The van der Waals surface area contributed by atoms with Crippen molar-refractivity contribution in [3.8, 4) is 5.75 Å². The van der Waals surface area contributed by atoms with E-state index in [-0.39, 0.29) is 40.3 Å². The number of hydrogen-bond donors (Lipinski definition) is 3. The van der Waals surface area contributed by atoms with Crippen LogP contribution in [0, 0.1) is 6.92 Å². The summed E-state index contributed by atoms with van der Waals surface area (Å²) in [5, 5.41) is 16.6.